The molecule has 0 spiro atoms. The summed E-state index contributed by atoms with van der Waals surface area (Å²) in [5.74, 6) is 0. The highest BCUT2D eigenvalue weighted by Crippen LogP contribution is 2.32. The maximum absolute atomic E-state index is 6.23. The van der Waals surface area contributed by atoms with Gasteiger partial charge in [0.1, 0.15) is 0 Å². The average Bonchev–Trinajstić information content (AvgIpc) is 2.35. The molecule has 2 rings (SSSR count). The molecule has 0 fully saturated rings. The number of unbranched alkanes of at least 4 members (excludes halogenated alkanes) is 3. The van der Waals surface area contributed by atoms with Crippen LogP contribution in [0.2, 0.25) is 0 Å². The number of hydrogen-bond donors (Lipinski definition) is 2. The van der Waals surface area contributed by atoms with Crippen LogP contribution in [0.25, 0.3) is 0 Å². The SMILES string of the molecule is CCCCCC[C@@H]1C[C@@H](N)c2ccccc2N1. The molecule has 2 nitrogen and oxygen atoms in total. The van der Waals surface area contributed by atoms with E-state index in [0.717, 1.165) is 6.42 Å². The molecule has 0 unspecified atom stereocenters. The van der Waals surface area contributed by atoms with Crippen molar-refractivity contribution in [3.8, 4) is 0 Å². The Kier molecular flexibility index (Phi) is 4.43. The average molecular weight is 232 g/mol. The van der Waals surface area contributed by atoms with Crippen LogP contribution in [-0.2, 0) is 0 Å². The van der Waals surface area contributed by atoms with Crippen LogP contribution in [-0.4, -0.2) is 6.04 Å². The Morgan fingerprint density at radius 1 is 1.24 bits per heavy atom. The van der Waals surface area contributed by atoms with Gasteiger partial charge in [0.2, 0.25) is 0 Å². The molecule has 1 heterocycles. The van der Waals surface area contributed by atoms with E-state index in [1.165, 1.54) is 43.4 Å². The van der Waals surface area contributed by atoms with Gasteiger partial charge in [0.15, 0.2) is 0 Å². The maximum atomic E-state index is 6.23. The quantitative estimate of drug-likeness (QED) is 0.757. The Bertz CT molecular complexity index is 349. The number of para-hydroxylation sites is 1. The number of nitrogens with two attached hydrogens (primary N) is 1. The van der Waals surface area contributed by atoms with Crippen molar-refractivity contribution in [2.24, 2.45) is 5.73 Å². The summed E-state index contributed by atoms with van der Waals surface area (Å²) in [6.45, 7) is 2.25. The molecule has 0 aliphatic carbocycles. The Hall–Kier alpha value is -1.02. The van der Waals surface area contributed by atoms with Gasteiger partial charge in [0.05, 0.1) is 0 Å². The Balaban J connectivity index is 1.88. The lowest BCUT2D eigenvalue weighted by atomic mass is 9.91. The fraction of sp³-hybridized carbons (Fsp3) is 0.600. The minimum absolute atomic E-state index is 0.212. The number of fused-ring (bicyclic) bond motifs is 1. The van der Waals surface area contributed by atoms with E-state index in [9.17, 15) is 0 Å². The Morgan fingerprint density at radius 3 is 2.88 bits per heavy atom. The molecule has 2 atom stereocenters. The molecular formula is C15H24N2. The van der Waals surface area contributed by atoms with E-state index in [2.05, 4.69) is 36.5 Å². The van der Waals surface area contributed by atoms with Crippen LogP contribution in [0, 0.1) is 0 Å². The maximum Gasteiger partial charge on any atom is 0.0390 e. The van der Waals surface area contributed by atoms with Gasteiger partial charge in [0, 0.05) is 17.8 Å². The molecule has 94 valence electrons. The van der Waals surface area contributed by atoms with Gasteiger partial charge in [-0.15, -0.1) is 0 Å². The van der Waals surface area contributed by atoms with Crippen LogP contribution in [0.5, 0.6) is 0 Å². The topological polar surface area (TPSA) is 38.0 Å². The second-order valence-corrected chi connectivity index (χ2v) is 5.12. The lowest BCUT2D eigenvalue weighted by molar-refractivity contribution is 0.490. The molecule has 1 aliphatic rings. The van der Waals surface area contributed by atoms with Gasteiger partial charge in [-0.1, -0.05) is 50.8 Å². The van der Waals surface area contributed by atoms with Crippen LogP contribution in [0.3, 0.4) is 0 Å². The third kappa shape index (κ3) is 3.22. The normalized spacial score (nSPS) is 22.9. The van der Waals surface area contributed by atoms with Gasteiger partial charge in [-0.3, -0.25) is 0 Å². The van der Waals surface area contributed by atoms with E-state index >= 15 is 0 Å². The predicted octanol–water partition coefficient (Wildman–Crippen LogP) is 3.84. The van der Waals surface area contributed by atoms with Crippen molar-refractivity contribution in [3.05, 3.63) is 29.8 Å². The van der Waals surface area contributed by atoms with Crippen LogP contribution in [0.1, 0.15) is 57.1 Å². The molecule has 0 saturated heterocycles. The first kappa shape index (κ1) is 12.4. The summed E-state index contributed by atoms with van der Waals surface area (Å²) in [7, 11) is 0. The van der Waals surface area contributed by atoms with Crippen LogP contribution < -0.4 is 11.1 Å². The zero-order chi connectivity index (χ0) is 12.1. The molecule has 0 saturated carbocycles. The minimum atomic E-state index is 0.212. The number of anilines is 1. The third-order valence-electron chi connectivity index (χ3n) is 3.66. The smallest absolute Gasteiger partial charge is 0.0390 e. The van der Waals surface area contributed by atoms with Crippen molar-refractivity contribution < 1.29 is 0 Å². The first-order valence-electron chi connectivity index (χ1n) is 6.92. The number of rotatable bonds is 5. The van der Waals surface area contributed by atoms with Gasteiger partial charge >= 0.3 is 0 Å². The standard InChI is InChI=1S/C15H24N2/c1-2-3-4-5-8-12-11-14(16)13-9-6-7-10-15(13)17-12/h6-7,9-10,12,14,17H,2-5,8,11,16H2,1H3/t12-,14-/m1/s1. The zero-order valence-electron chi connectivity index (χ0n) is 10.8. The summed E-state index contributed by atoms with van der Waals surface area (Å²) in [4.78, 5) is 0. The molecule has 0 aromatic heterocycles. The highest BCUT2D eigenvalue weighted by Gasteiger charge is 2.22. The Labute approximate surface area is 105 Å². The summed E-state index contributed by atoms with van der Waals surface area (Å²) in [5, 5.41) is 3.62. The molecule has 1 aromatic rings. The van der Waals surface area contributed by atoms with Gasteiger partial charge < -0.3 is 11.1 Å². The summed E-state index contributed by atoms with van der Waals surface area (Å²) >= 11 is 0. The summed E-state index contributed by atoms with van der Waals surface area (Å²) in [6.07, 6.45) is 7.66. The highest BCUT2D eigenvalue weighted by atomic mass is 15.0. The fourth-order valence-corrected chi connectivity index (χ4v) is 2.67. The second-order valence-electron chi connectivity index (χ2n) is 5.12. The largest absolute Gasteiger partial charge is 0.382 e. The van der Waals surface area contributed by atoms with Crippen molar-refractivity contribution in [2.45, 2.75) is 57.5 Å². The summed E-state index contributed by atoms with van der Waals surface area (Å²) < 4.78 is 0. The first-order chi connectivity index (χ1) is 8.31. The third-order valence-corrected chi connectivity index (χ3v) is 3.66. The molecule has 2 heteroatoms. The number of nitrogens with one attached hydrogen (secondary N) is 1. The minimum Gasteiger partial charge on any atom is -0.382 e. The summed E-state index contributed by atoms with van der Waals surface area (Å²) in [6, 6.07) is 9.22. The van der Waals surface area contributed by atoms with E-state index in [0.29, 0.717) is 6.04 Å². The molecule has 1 aromatic carbocycles. The van der Waals surface area contributed by atoms with E-state index in [-0.39, 0.29) is 6.04 Å². The molecule has 1 aliphatic heterocycles. The van der Waals surface area contributed by atoms with E-state index in [1.54, 1.807) is 0 Å². The van der Waals surface area contributed by atoms with E-state index in [4.69, 9.17) is 5.73 Å². The van der Waals surface area contributed by atoms with Crippen molar-refractivity contribution in [1.29, 1.82) is 0 Å². The molecule has 0 amide bonds. The lowest BCUT2D eigenvalue weighted by Gasteiger charge is -2.31. The molecular weight excluding hydrogens is 208 g/mol. The van der Waals surface area contributed by atoms with E-state index < -0.39 is 0 Å². The van der Waals surface area contributed by atoms with Gasteiger partial charge in [0.25, 0.3) is 0 Å². The Morgan fingerprint density at radius 2 is 2.06 bits per heavy atom. The number of hydrogen-bond acceptors (Lipinski definition) is 2. The van der Waals surface area contributed by atoms with Crippen molar-refractivity contribution in [2.75, 3.05) is 5.32 Å². The lowest BCUT2D eigenvalue weighted by Crippen LogP contribution is -2.31. The van der Waals surface area contributed by atoms with Gasteiger partial charge in [-0.05, 0) is 24.5 Å². The monoisotopic (exact) mass is 232 g/mol. The van der Waals surface area contributed by atoms with Crippen molar-refractivity contribution in [3.63, 3.8) is 0 Å². The molecule has 3 N–H and O–H groups in total. The van der Waals surface area contributed by atoms with Gasteiger partial charge in [-0.25, -0.2) is 0 Å². The zero-order valence-corrected chi connectivity index (χ0v) is 10.8. The van der Waals surface area contributed by atoms with Crippen molar-refractivity contribution >= 4 is 5.69 Å². The number of benzene rings is 1. The predicted molar refractivity (Wildman–Crippen MR) is 74.2 cm³/mol. The van der Waals surface area contributed by atoms with Crippen LogP contribution in [0.4, 0.5) is 5.69 Å². The molecule has 0 radical (unpaired) electrons. The van der Waals surface area contributed by atoms with Gasteiger partial charge in [-0.2, -0.15) is 0 Å². The highest BCUT2D eigenvalue weighted by molar-refractivity contribution is 5.55. The van der Waals surface area contributed by atoms with Crippen LogP contribution in [0.15, 0.2) is 24.3 Å². The van der Waals surface area contributed by atoms with Crippen molar-refractivity contribution in [1.82, 2.24) is 0 Å². The molecule has 0 bridgehead atoms. The van der Waals surface area contributed by atoms with Crippen LogP contribution >= 0.6 is 0 Å². The second kappa shape index (κ2) is 6.06. The van der Waals surface area contributed by atoms with E-state index in [1.807, 2.05) is 0 Å². The fourth-order valence-electron chi connectivity index (χ4n) is 2.67. The summed E-state index contributed by atoms with van der Waals surface area (Å²) in [5.41, 5.74) is 8.74. The molecule has 17 heavy (non-hydrogen) atoms. The first-order valence-corrected chi connectivity index (χ1v) is 6.92.